The smallest absolute Gasteiger partial charge is 0.0378 e. The Balaban J connectivity index is 2.53. The average molecular weight is 233 g/mol. The van der Waals surface area contributed by atoms with Crippen LogP contribution >= 0.6 is 0 Å². The van der Waals surface area contributed by atoms with E-state index in [1.54, 1.807) is 0 Å². The van der Waals surface area contributed by atoms with Gasteiger partial charge in [-0.3, -0.25) is 0 Å². The number of anilines is 1. The summed E-state index contributed by atoms with van der Waals surface area (Å²) in [5, 5.41) is 3.58. The van der Waals surface area contributed by atoms with Gasteiger partial charge in [0.2, 0.25) is 0 Å². The van der Waals surface area contributed by atoms with Crippen LogP contribution in [-0.2, 0) is 5.41 Å². The molecule has 1 aromatic carbocycles. The highest BCUT2D eigenvalue weighted by Gasteiger charge is 2.16. The Morgan fingerprint density at radius 1 is 1.00 bits per heavy atom. The van der Waals surface area contributed by atoms with E-state index >= 15 is 0 Å². The van der Waals surface area contributed by atoms with Crippen molar-refractivity contribution in [2.45, 2.75) is 58.8 Å². The molecule has 1 heteroatoms. The van der Waals surface area contributed by atoms with Crippen LogP contribution in [0.1, 0.15) is 58.9 Å². The third-order valence-electron chi connectivity index (χ3n) is 3.08. The standard InChI is InChI=1S/C16H27N/c1-5-6-7-10-13-17-15-12-9-8-11-14(15)16(2,3)4/h8-9,11-12,17H,5-7,10,13H2,1-4H3. The Kier molecular flexibility index (Phi) is 5.54. The summed E-state index contributed by atoms with van der Waals surface area (Å²) in [7, 11) is 0. The van der Waals surface area contributed by atoms with Crippen molar-refractivity contribution >= 4 is 5.69 Å². The first kappa shape index (κ1) is 14.1. The molecule has 0 atom stereocenters. The zero-order valence-electron chi connectivity index (χ0n) is 11.8. The van der Waals surface area contributed by atoms with Crippen molar-refractivity contribution < 1.29 is 0 Å². The monoisotopic (exact) mass is 233 g/mol. The molecule has 1 N–H and O–H groups in total. The minimum Gasteiger partial charge on any atom is -0.385 e. The van der Waals surface area contributed by atoms with Crippen molar-refractivity contribution in [1.82, 2.24) is 0 Å². The first-order valence-corrected chi connectivity index (χ1v) is 6.89. The molecule has 0 aliphatic rings. The largest absolute Gasteiger partial charge is 0.385 e. The van der Waals surface area contributed by atoms with Crippen molar-refractivity contribution in [3.05, 3.63) is 29.8 Å². The second-order valence-electron chi connectivity index (χ2n) is 5.78. The highest BCUT2D eigenvalue weighted by molar-refractivity contribution is 5.54. The number of rotatable bonds is 6. The Morgan fingerprint density at radius 2 is 1.71 bits per heavy atom. The molecule has 0 amide bonds. The number of hydrogen-bond donors (Lipinski definition) is 1. The molecular formula is C16H27N. The molecular weight excluding hydrogens is 206 g/mol. The predicted molar refractivity (Wildman–Crippen MR) is 77.8 cm³/mol. The maximum Gasteiger partial charge on any atom is 0.0378 e. The van der Waals surface area contributed by atoms with Crippen LogP contribution in [0.2, 0.25) is 0 Å². The lowest BCUT2D eigenvalue weighted by molar-refractivity contribution is 0.591. The maximum absolute atomic E-state index is 3.58. The van der Waals surface area contributed by atoms with Gasteiger partial charge in [0.1, 0.15) is 0 Å². The molecule has 1 rings (SSSR count). The quantitative estimate of drug-likeness (QED) is 0.684. The fourth-order valence-electron chi connectivity index (χ4n) is 2.07. The molecule has 0 fully saturated rings. The van der Waals surface area contributed by atoms with Gasteiger partial charge >= 0.3 is 0 Å². The Morgan fingerprint density at radius 3 is 2.35 bits per heavy atom. The van der Waals surface area contributed by atoms with Crippen molar-refractivity contribution in [3.8, 4) is 0 Å². The molecule has 1 nitrogen and oxygen atoms in total. The van der Waals surface area contributed by atoms with E-state index in [-0.39, 0.29) is 5.41 Å². The minimum absolute atomic E-state index is 0.215. The lowest BCUT2D eigenvalue weighted by atomic mass is 9.86. The topological polar surface area (TPSA) is 12.0 Å². The molecule has 0 saturated carbocycles. The van der Waals surface area contributed by atoms with Crippen LogP contribution in [-0.4, -0.2) is 6.54 Å². The van der Waals surface area contributed by atoms with E-state index in [0.29, 0.717) is 0 Å². The van der Waals surface area contributed by atoms with Crippen LogP contribution in [0.3, 0.4) is 0 Å². The highest BCUT2D eigenvalue weighted by Crippen LogP contribution is 2.29. The lowest BCUT2D eigenvalue weighted by Gasteiger charge is -2.23. The normalized spacial score (nSPS) is 11.5. The van der Waals surface area contributed by atoms with E-state index in [9.17, 15) is 0 Å². The summed E-state index contributed by atoms with van der Waals surface area (Å²) in [6.45, 7) is 10.1. The highest BCUT2D eigenvalue weighted by atomic mass is 14.9. The van der Waals surface area contributed by atoms with Gasteiger partial charge in [-0.2, -0.15) is 0 Å². The summed E-state index contributed by atoms with van der Waals surface area (Å²) in [6.07, 6.45) is 5.26. The maximum atomic E-state index is 3.58. The summed E-state index contributed by atoms with van der Waals surface area (Å²) in [6, 6.07) is 8.67. The molecule has 0 radical (unpaired) electrons. The summed E-state index contributed by atoms with van der Waals surface area (Å²) in [5.41, 5.74) is 2.93. The van der Waals surface area contributed by atoms with Crippen LogP contribution < -0.4 is 5.32 Å². The molecule has 1 aromatic rings. The summed E-state index contributed by atoms with van der Waals surface area (Å²) in [5.74, 6) is 0. The SMILES string of the molecule is CCCCCCNc1ccccc1C(C)(C)C. The van der Waals surface area contributed by atoms with Gasteiger partial charge in [0.25, 0.3) is 0 Å². The van der Waals surface area contributed by atoms with Gasteiger partial charge in [-0.15, -0.1) is 0 Å². The molecule has 17 heavy (non-hydrogen) atoms. The minimum atomic E-state index is 0.215. The van der Waals surface area contributed by atoms with Crippen molar-refractivity contribution in [3.63, 3.8) is 0 Å². The van der Waals surface area contributed by atoms with Crippen molar-refractivity contribution in [1.29, 1.82) is 0 Å². The van der Waals surface area contributed by atoms with Gasteiger partial charge in [0, 0.05) is 12.2 Å². The molecule has 0 aromatic heterocycles. The van der Waals surface area contributed by atoms with E-state index in [4.69, 9.17) is 0 Å². The molecule has 0 saturated heterocycles. The summed E-state index contributed by atoms with van der Waals surface area (Å²) >= 11 is 0. The third kappa shape index (κ3) is 4.80. The molecule has 96 valence electrons. The lowest BCUT2D eigenvalue weighted by Crippen LogP contribution is -2.15. The molecule has 0 aliphatic heterocycles. The number of unbranched alkanes of at least 4 members (excludes halogenated alkanes) is 3. The molecule has 0 spiro atoms. The second-order valence-corrected chi connectivity index (χ2v) is 5.78. The van der Waals surface area contributed by atoms with Gasteiger partial charge in [0.05, 0.1) is 0 Å². The predicted octanol–water partition coefficient (Wildman–Crippen LogP) is 4.98. The van der Waals surface area contributed by atoms with E-state index < -0.39 is 0 Å². The van der Waals surface area contributed by atoms with E-state index in [2.05, 4.69) is 57.3 Å². The van der Waals surface area contributed by atoms with E-state index in [1.807, 2.05) is 0 Å². The summed E-state index contributed by atoms with van der Waals surface area (Å²) in [4.78, 5) is 0. The van der Waals surface area contributed by atoms with Gasteiger partial charge < -0.3 is 5.32 Å². The van der Waals surface area contributed by atoms with Crippen LogP contribution in [0, 0.1) is 0 Å². The fraction of sp³-hybridized carbons (Fsp3) is 0.625. The number of nitrogens with one attached hydrogen (secondary N) is 1. The Hall–Kier alpha value is -0.980. The van der Waals surface area contributed by atoms with Gasteiger partial charge in [-0.25, -0.2) is 0 Å². The Bertz CT molecular complexity index is 323. The first-order chi connectivity index (χ1) is 8.05. The van der Waals surface area contributed by atoms with E-state index in [1.165, 1.54) is 36.9 Å². The molecule has 0 bridgehead atoms. The first-order valence-electron chi connectivity index (χ1n) is 6.89. The van der Waals surface area contributed by atoms with E-state index in [0.717, 1.165) is 6.54 Å². The number of para-hydroxylation sites is 1. The number of benzene rings is 1. The number of hydrogen-bond acceptors (Lipinski definition) is 1. The zero-order valence-corrected chi connectivity index (χ0v) is 11.8. The molecule has 0 aliphatic carbocycles. The van der Waals surface area contributed by atoms with Crippen LogP contribution in [0.4, 0.5) is 5.69 Å². The van der Waals surface area contributed by atoms with Crippen molar-refractivity contribution in [2.24, 2.45) is 0 Å². The van der Waals surface area contributed by atoms with Crippen LogP contribution in [0.15, 0.2) is 24.3 Å². The zero-order chi connectivity index (χ0) is 12.7. The molecule has 0 heterocycles. The van der Waals surface area contributed by atoms with Crippen LogP contribution in [0.25, 0.3) is 0 Å². The Labute approximate surface area is 107 Å². The summed E-state index contributed by atoms with van der Waals surface area (Å²) < 4.78 is 0. The molecule has 0 unspecified atom stereocenters. The van der Waals surface area contributed by atoms with Gasteiger partial charge in [-0.1, -0.05) is 65.2 Å². The average Bonchev–Trinajstić information content (AvgIpc) is 2.28. The third-order valence-corrected chi connectivity index (χ3v) is 3.08. The van der Waals surface area contributed by atoms with Gasteiger partial charge in [0.15, 0.2) is 0 Å². The fourth-order valence-corrected chi connectivity index (χ4v) is 2.07. The van der Waals surface area contributed by atoms with Gasteiger partial charge in [-0.05, 0) is 23.5 Å². The second kappa shape index (κ2) is 6.68. The van der Waals surface area contributed by atoms with Crippen LogP contribution in [0.5, 0.6) is 0 Å². The van der Waals surface area contributed by atoms with Crippen molar-refractivity contribution in [2.75, 3.05) is 11.9 Å².